The summed E-state index contributed by atoms with van der Waals surface area (Å²) in [6.07, 6.45) is 2.61. The molecule has 21 heavy (non-hydrogen) atoms. The van der Waals surface area contributed by atoms with Crippen LogP contribution in [-0.4, -0.2) is 28.1 Å². The maximum absolute atomic E-state index is 10.0. The van der Waals surface area contributed by atoms with Gasteiger partial charge in [-0.3, -0.25) is 10.00 Å². The molecule has 0 spiro atoms. The lowest BCUT2D eigenvalue weighted by molar-refractivity contribution is 0.105. The maximum Gasteiger partial charge on any atom is 0.124 e. The lowest BCUT2D eigenvalue weighted by Crippen LogP contribution is -2.48. The van der Waals surface area contributed by atoms with E-state index in [-0.39, 0.29) is 6.61 Å². The maximum atomic E-state index is 10.0. The number of nitrogens with zero attached hydrogens (tertiary/aromatic N) is 2. The Bertz CT molecular complexity index is 619. The highest BCUT2D eigenvalue weighted by Gasteiger charge is 2.36. The zero-order valence-corrected chi connectivity index (χ0v) is 12.5. The normalized spacial score (nSPS) is 20.9. The van der Waals surface area contributed by atoms with Gasteiger partial charge in [0, 0.05) is 25.6 Å². The van der Waals surface area contributed by atoms with Crippen molar-refractivity contribution in [2.45, 2.75) is 25.4 Å². The summed E-state index contributed by atoms with van der Waals surface area (Å²) in [7, 11) is 1.94. The van der Waals surface area contributed by atoms with Gasteiger partial charge in [-0.15, -0.1) is 0 Å². The number of nitrogens with one attached hydrogen (secondary N) is 1. The molecule has 5 nitrogen and oxygen atoms in total. The van der Waals surface area contributed by atoms with Crippen LogP contribution in [-0.2, 0) is 19.1 Å². The average Bonchev–Trinajstić information content (AvgIpc) is 2.84. The summed E-state index contributed by atoms with van der Waals surface area (Å²) in [6.45, 7) is 3.37. The van der Waals surface area contributed by atoms with E-state index in [0.717, 1.165) is 29.0 Å². The van der Waals surface area contributed by atoms with Gasteiger partial charge in [-0.25, -0.2) is 0 Å². The molecule has 1 atom stereocenters. The third-order valence-corrected chi connectivity index (χ3v) is 4.32. The quantitative estimate of drug-likeness (QED) is 0.894. The van der Waals surface area contributed by atoms with E-state index in [2.05, 4.69) is 10.4 Å². The first-order chi connectivity index (χ1) is 10.2. The first-order valence-corrected chi connectivity index (χ1v) is 7.22. The van der Waals surface area contributed by atoms with Gasteiger partial charge in [0.1, 0.15) is 5.75 Å². The zero-order chi connectivity index (χ0) is 14.9. The van der Waals surface area contributed by atoms with E-state index in [4.69, 9.17) is 4.74 Å². The molecule has 0 fully saturated rings. The Hall–Kier alpha value is -1.85. The van der Waals surface area contributed by atoms with Crippen molar-refractivity contribution in [3.63, 3.8) is 0 Å². The first-order valence-electron chi connectivity index (χ1n) is 7.22. The van der Waals surface area contributed by atoms with Crippen LogP contribution in [0.1, 0.15) is 23.2 Å². The summed E-state index contributed by atoms with van der Waals surface area (Å²) in [5, 5.41) is 17.8. The molecule has 2 heterocycles. The molecule has 1 aromatic carbocycles. The second-order valence-electron chi connectivity index (χ2n) is 5.59. The highest BCUT2D eigenvalue weighted by molar-refractivity contribution is 5.41. The largest absolute Gasteiger partial charge is 0.493 e. The van der Waals surface area contributed by atoms with Crippen LogP contribution in [0.2, 0.25) is 0 Å². The van der Waals surface area contributed by atoms with E-state index in [9.17, 15) is 5.11 Å². The van der Waals surface area contributed by atoms with Gasteiger partial charge in [-0.05, 0) is 18.6 Å². The molecular weight excluding hydrogens is 266 g/mol. The van der Waals surface area contributed by atoms with E-state index >= 15 is 0 Å². The zero-order valence-electron chi connectivity index (χ0n) is 12.5. The predicted molar refractivity (Wildman–Crippen MR) is 80.1 cm³/mol. The highest BCUT2D eigenvalue weighted by atomic mass is 16.5. The average molecular weight is 287 g/mol. The van der Waals surface area contributed by atoms with Gasteiger partial charge >= 0.3 is 0 Å². The van der Waals surface area contributed by atoms with E-state index in [1.165, 1.54) is 0 Å². The number of benzene rings is 1. The third kappa shape index (κ3) is 2.43. The molecule has 2 aromatic rings. The second-order valence-corrected chi connectivity index (χ2v) is 5.59. The molecule has 0 saturated heterocycles. The number of aryl methyl sites for hydroxylation is 2. The van der Waals surface area contributed by atoms with Crippen LogP contribution in [0.4, 0.5) is 0 Å². The van der Waals surface area contributed by atoms with Gasteiger partial charge in [0.15, 0.2) is 0 Å². The molecule has 1 unspecified atom stereocenters. The second kappa shape index (κ2) is 5.50. The van der Waals surface area contributed by atoms with Gasteiger partial charge in [0.25, 0.3) is 0 Å². The molecule has 2 N–H and O–H groups in total. The summed E-state index contributed by atoms with van der Waals surface area (Å²) in [5.74, 6) is 0.854. The Morgan fingerprint density at radius 2 is 2.24 bits per heavy atom. The Morgan fingerprint density at radius 1 is 1.43 bits per heavy atom. The van der Waals surface area contributed by atoms with Crippen LogP contribution in [0.3, 0.4) is 0 Å². The number of aromatic nitrogens is 2. The van der Waals surface area contributed by atoms with Crippen LogP contribution < -0.4 is 10.1 Å². The molecule has 3 rings (SSSR count). The predicted octanol–water partition coefficient (Wildman–Crippen LogP) is 1.49. The minimum atomic E-state index is -0.453. The van der Waals surface area contributed by atoms with Gasteiger partial charge in [-0.2, -0.15) is 5.10 Å². The molecule has 0 saturated carbocycles. The first kappa shape index (κ1) is 14.1. The molecule has 112 valence electrons. The van der Waals surface area contributed by atoms with Crippen molar-refractivity contribution >= 4 is 0 Å². The van der Waals surface area contributed by atoms with Crippen molar-refractivity contribution < 1.29 is 9.84 Å². The highest BCUT2D eigenvalue weighted by Crippen LogP contribution is 2.36. The molecule has 0 amide bonds. The van der Waals surface area contributed by atoms with E-state index < -0.39 is 5.54 Å². The Kier molecular flexibility index (Phi) is 3.69. The number of hydrogen-bond acceptors (Lipinski definition) is 4. The Labute approximate surface area is 124 Å². The van der Waals surface area contributed by atoms with Crippen molar-refractivity contribution in [3.05, 3.63) is 47.3 Å². The molecule has 1 aromatic heterocycles. The van der Waals surface area contributed by atoms with Crippen molar-refractivity contribution in [2.24, 2.45) is 7.05 Å². The molecule has 0 bridgehead atoms. The van der Waals surface area contributed by atoms with E-state index in [0.29, 0.717) is 13.2 Å². The number of rotatable bonds is 4. The number of hydrogen-bond donors (Lipinski definition) is 2. The SMILES string of the molecule is Cc1cnn(C)c1CNC1(CO)CCOc2ccccc21. The lowest BCUT2D eigenvalue weighted by Gasteiger charge is -2.38. The minimum Gasteiger partial charge on any atom is -0.493 e. The van der Waals surface area contributed by atoms with Crippen LogP contribution >= 0.6 is 0 Å². The van der Waals surface area contributed by atoms with Crippen molar-refractivity contribution in [3.8, 4) is 5.75 Å². The van der Waals surface area contributed by atoms with Gasteiger partial charge in [-0.1, -0.05) is 18.2 Å². The molecule has 1 aliphatic rings. The molecule has 0 aliphatic carbocycles. The van der Waals surface area contributed by atoms with Crippen molar-refractivity contribution in [2.75, 3.05) is 13.2 Å². The number of aliphatic hydroxyl groups excluding tert-OH is 1. The summed E-state index contributed by atoms with van der Waals surface area (Å²) in [4.78, 5) is 0. The number of para-hydroxylation sites is 1. The molecular formula is C16H21N3O2. The topological polar surface area (TPSA) is 59.3 Å². The standard InChI is InChI=1S/C16H21N3O2/c1-12-9-18-19(2)14(12)10-17-16(11-20)7-8-21-15-6-4-3-5-13(15)16/h3-6,9,17,20H,7-8,10-11H2,1-2H3. The van der Waals surface area contributed by atoms with Gasteiger partial charge in [0.05, 0.1) is 30.6 Å². The lowest BCUT2D eigenvalue weighted by atomic mass is 9.85. The Morgan fingerprint density at radius 3 is 2.95 bits per heavy atom. The van der Waals surface area contributed by atoms with Crippen LogP contribution in [0.15, 0.2) is 30.5 Å². The van der Waals surface area contributed by atoms with Crippen LogP contribution in [0.5, 0.6) is 5.75 Å². The molecule has 5 heteroatoms. The monoisotopic (exact) mass is 287 g/mol. The van der Waals surface area contributed by atoms with Gasteiger partial charge < -0.3 is 9.84 Å². The van der Waals surface area contributed by atoms with Crippen molar-refractivity contribution in [1.82, 2.24) is 15.1 Å². The van der Waals surface area contributed by atoms with Crippen LogP contribution in [0, 0.1) is 6.92 Å². The van der Waals surface area contributed by atoms with E-state index in [1.807, 2.05) is 49.1 Å². The molecule has 1 aliphatic heterocycles. The van der Waals surface area contributed by atoms with Crippen LogP contribution in [0.25, 0.3) is 0 Å². The summed E-state index contributed by atoms with van der Waals surface area (Å²) >= 11 is 0. The van der Waals surface area contributed by atoms with Gasteiger partial charge in [0.2, 0.25) is 0 Å². The number of aliphatic hydroxyl groups is 1. The summed E-state index contributed by atoms with van der Waals surface area (Å²) < 4.78 is 7.57. The fourth-order valence-corrected chi connectivity index (χ4v) is 2.94. The fraction of sp³-hybridized carbons (Fsp3) is 0.438. The smallest absolute Gasteiger partial charge is 0.124 e. The number of ether oxygens (including phenoxy) is 1. The summed E-state index contributed by atoms with van der Waals surface area (Å²) in [6, 6.07) is 7.91. The minimum absolute atomic E-state index is 0.0459. The molecule has 0 radical (unpaired) electrons. The fourth-order valence-electron chi connectivity index (χ4n) is 2.94. The van der Waals surface area contributed by atoms with E-state index in [1.54, 1.807) is 0 Å². The van der Waals surface area contributed by atoms with Crippen molar-refractivity contribution in [1.29, 1.82) is 0 Å². The number of fused-ring (bicyclic) bond motifs is 1. The Balaban J connectivity index is 1.89. The third-order valence-electron chi connectivity index (χ3n) is 4.32. The summed E-state index contributed by atoms with van der Waals surface area (Å²) in [5.41, 5.74) is 2.86.